The first-order valence-electron chi connectivity index (χ1n) is 14.0. The fraction of sp³-hybridized carbons (Fsp3) is 1.00. The molecule has 0 rings (SSSR count). The van der Waals surface area contributed by atoms with Crippen molar-refractivity contribution < 1.29 is 23.6 Å². The van der Waals surface area contributed by atoms with E-state index < -0.39 is 7.82 Å². The molecule has 0 bridgehead atoms. The molecule has 0 aromatic carbocycles. The monoisotopic (exact) mass is 492 g/mol. The van der Waals surface area contributed by atoms with E-state index in [-0.39, 0.29) is 6.61 Å². The summed E-state index contributed by atoms with van der Waals surface area (Å²) in [6, 6.07) is 0. The van der Waals surface area contributed by atoms with Gasteiger partial charge in [-0.25, -0.2) is 4.57 Å². The van der Waals surface area contributed by atoms with Gasteiger partial charge in [-0.15, -0.1) is 0 Å². The standard InChI is InChI=1S/C27H57O5P/c1-6-11-12-19-26(7-2,8-3)20-13-16-23-31-24-17-14-21-27(9-4,10-5)22-15-18-25-32-33(28,29)30/h6-25H2,1-5H3,(H2,28,29,30). The minimum atomic E-state index is -4.33. The zero-order valence-corrected chi connectivity index (χ0v) is 23.6. The molecule has 200 valence electrons. The largest absolute Gasteiger partial charge is 0.469 e. The Labute approximate surface area is 206 Å². The first-order valence-corrected chi connectivity index (χ1v) is 15.5. The summed E-state index contributed by atoms with van der Waals surface area (Å²) < 4.78 is 21.3. The molecule has 33 heavy (non-hydrogen) atoms. The van der Waals surface area contributed by atoms with E-state index >= 15 is 0 Å². The number of phosphoric acid groups is 1. The molecule has 0 amide bonds. The quantitative estimate of drug-likeness (QED) is 0.104. The summed E-state index contributed by atoms with van der Waals surface area (Å²) in [4.78, 5) is 17.6. The molecule has 0 unspecified atom stereocenters. The Morgan fingerprint density at radius 1 is 0.576 bits per heavy atom. The van der Waals surface area contributed by atoms with Crippen LogP contribution in [0.25, 0.3) is 0 Å². The van der Waals surface area contributed by atoms with Crippen molar-refractivity contribution in [2.75, 3.05) is 19.8 Å². The lowest BCUT2D eigenvalue weighted by Crippen LogP contribution is -2.19. The third kappa shape index (κ3) is 16.4. The predicted octanol–water partition coefficient (Wildman–Crippen LogP) is 8.82. The smallest absolute Gasteiger partial charge is 0.381 e. The molecule has 0 aromatic heterocycles. The molecule has 0 aliphatic rings. The first kappa shape index (κ1) is 33.1. The van der Waals surface area contributed by atoms with Crippen LogP contribution in [-0.2, 0) is 13.8 Å². The lowest BCUT2D eigenvalue weighted by molar-refractivity contribution is 0.113. The molecule has 6 heteroatoms. The van der Waals surface area contributed by atoms with Gasteiger partial charge < -0.3 is 14.5 Å². The number of unbranched alkanes of at least 4 members (excludes halogenated alkanes) is 5. The van der Waals surface area contributed by atoms with Gasteiger partial charge in [-0.2, -0.15) is 0 Å². The van der Waals surface area contributed by atoms with Gasteiger partial charge in [0.2, 0.25) is 0 Å². The van der Waals surface area contributed by atoms with E-state index in [1.165, 1.54) is 70.6 Å². The van der Waals surface area contributed by atoms with Crippen molar-refractivity contribution in [1.82, 2.24) is 0 Å². The molecule has 0 saturated carbocycles. The fourth-order valence-corrected chi connectivity index (χ4v) is 5.58. The molecular formula is C27H57O5P. The second-order valence-electron chi connectivity index (χ2n) is 10.2. The Hall–Kier alpha value is 0.0700. The summed E-state index contributed by atoms with van der Waals surface area (Å²) in [6.07, 6.45) is 20.4. The van der Waals surface area contributed by atoms with E-state index in [0.29, 0.717) is 17.3 Å². The average molecular weight is 493 g/mol. The summed E-state index contributed by atoms with van der Waals surface area (Å²) in [5.41, 5.74) is 0.893. The molecule has 0 heterocycles. The van der Waals surface area contributed by atoms with Gasteiger partial charge in [0.25, 0.3) is 0 Å². The van der Waals surface area contributed by atoms with Crippen molar-refractivity contribution in [3.63, 3.8) is 0 Å². The summed E-state index contributed by atoms with van der Waals surface area (Å²) in [7, 11) is -4.33. The SMILES string of the molecule is CCCCCC(CC)(CC)CCCCOCCCCC(CC)(CC)CCCCOP(=O)(O)O. The first-order chi connectivity index (χ1) is 15.7. The van der Waals surface area contributed by atoms with Gasteiger partial charge in [0.1, 0.15) is 0 Å². The molecule has 0 saturated heterocycles. The highest BCUT2D eigenvalue weighted by atomic mass is 31.2. The Kier molecular flexibility index (Phi) is 19.3. The zero-order chi connectivity index (χ0) is 25.1. The van der Waals surface area contributed by atoms with Gasteiger partial charge in [-0.05, 0) is 55.8 Å². The van der Waals surface area contributed by atoms with Crippen LogP contribution in [-0.4, -0.2) is 29.6 Å². The maximum Gasteiger partial charge on any atom is 0.469 e. The lowest BCUT2D eigenvalue weighted by Gasteiger charge is -2.32. The molecule has 0 aromatic rings. The Morgan fingerprint density at radius 3 is 1.27 bits per heavy atom. The van der Waals surface area contributed by atoms with Crippen LogP contribution in [0.1, 0.15) is 144 Å². The van der Waals surface area contributed by atoms with Crippen LogP contribution in [0.15, 0.2) is 0 Å². The van der Waals surface area contributed by atoms with Crippen LogP contribution in [0.4, 0.5) is 0 Å². The van der Waals surface area contributed by atoms with Crippen molar-refractivity contribution in [3.8, 4) is 0 Å². The highest BCUT2D eigenvalue weighted by Crippen LogP contribution is 2.40. The number of phosphoric ester groups is 1. The number of hydrogen-bond donors (Lipinski definition) is 2. The molecule has 0 aliphatic heterocycles. The molecule has 0 radical (unpaired) electrons. The second-order valence-corrected chi connectivity index (χ2v) is 11.4. The number of rotatable bonds is 24. The average Bonchev–Trinajstić information content (AvgIpc) is 2.80. The molecule has 0 aliphatic carbocycles. The highest BCUT2D eigenvalue weighted by Gasteiger charge is 2.26. The molecule has 2 N–H and O–H groups in total. The third-order valence-electron chi connectivity index (χ3n) is 8.16. The fourth-order valence-electron chi connectivity index (χ4n) is 5.21. The van der Waals surface area contributed by atoms with E-state index in [0.717, 1.165) is 45.3 Å². The van der Waals surface area contributed by atoms with Gasteiger partial charge in [0.05, 0.1) is 6.61 Å². The lowest BCUT2D eigenvalue weighted by atomic mass is 9.74. The number of hydrogen-bond acceptors (Lipinski definition) is 3. The van der Waals surface area contributed by atoms with E-state index in [9.17, 15) is 4.57 Å². The van der Waals surface area contributed by atoms with Crippen LogP contribution >= 0.6 is 7.82 Å². The molecule has 0 atom stereocenters. The van der Waals surface area contributed by atoms with Gasteiger partial charge in [-0.3, -0.25) is 4.52 Å². The van der Waals surface area contributed by atoms with E-state index in [1.54, 1.807) is 0 Å². The molecule has 5 nitrogen and oxygen atoms in total. The van der Waals surface area contributed by atoms with E-state index in [2.05, 4.69) is 39.1 Å². The Balaban J connectivity index is 3.98. The minimum Gasteiger partial charge on any atom is -0.381 e. The second kappa shape index (κ2) is 19.3. The summed E-state index contributed by atoms with van der Waals surface area (Å²) in [5, 5.41) is 0. The minimum absolute atomic E-state index is 0.137. The topological polar surface area (TPSA) is 76.0 Å². The normalized spacial score (nSPS) is 13.1. The van der Waals surface area contributed by atoms with Crippen LogP contribution in [0.3, 0.4) is 0 Å². The summed E-state index contributed by atoms with van der Waals surface area (Å²) >= 11 is 0. The van der Waals surface area contributed by atoms with Crippen LogP contribution < -0.4 is 0 Å². The van der Waals surface area contributed by atoms with E-state index in [1.807, 2.05) is 0 Å². The van der Waals surface area contributed by atoms with Crippen LogP contribution in [0, 0.1) is 10.8 Å². The van der Waals surface area contributed by atoms with Crippen LogP contribution in [0.5, 0.6) is 0 Å². The van der Waals surface area contributed by atoms with Crippen molar-refractivity contribution in [3.05, 3.63) is 0 Å². The van der Waals surface area contributed by atoms with Crippen molar-refractivity contribution in [2.24, 2.45) is 10.8 Å². The highest BCUT2D eigenvalue weighted by molar-refractivity contribution is 7.46. The van der Waals surface area contributed by atoms with Gasteiger partial charge in [-0.1, -0.05) is 98.8 Å². The number of ether oxygens (including phenoxy) is 1. The predicted molar refractivity (Wildman–Crippen MR) is 141 cm³/mol. The zero-order valence-electron chi connectivity index (χ0n) is 22.7. The molecule has 0 fully saturated rings. The van der Waals surface area contributed by atoms with Crippen molar-refractivity contribution in [1.29, 1.82) is 0 Å². The van der Waals surface area contributed by atoms with Gasteiger partial charge in [0, 0.05) is 13.2 Å². The maximum atomic E-state index is 10.8. The summed E-state index contributed by atoms with van der Waals surface area (Å²) in [6.45, 7) is 13.5. The molecular weight excluding hydrogens is 435 g/mol. The Bertz CT molecular complexity index is 483. The molecule has 0 spiro atoms. The van der Waals surface area contributed by atoms with Gasteiger partial charge in [0.15, 0.2) is 0 Å². The van der Waals surface area contributed by atoms with Crippen LogP contribution in [0.2, 0.25) is 0 Å². The Morgan fingerprint density at radius 2 is 0.939 bits per heavy atom. The maximum absolute atomic E-state index is 10.8. The third-order valence-corrected chi connectivity index (χ3v) is 8.68. The van der Waals surface area contributed by atoms with Crippen molar-refractivity contribution in [2.45, 2.75) is 144 Å². The van der Waals surface area contributed by atoms with E-state index in [4.69, 9.17) is 14.5 Å². The van der Waals surface area contributed by atoms with Gasteiger partial charge >= 0.3 is 7.82 Å². The van der Waals surface area contributed by atoms with Crippen molar-refractivity contribution >= 4 is 7.82 Å². The summed E-state index contributed by atoms with van der Waals surface area (Å²) in [5.74, 6) is 0.